The summed E-state index contributed by atoms with van der Waals surface area (Å²) in [6.45, 7) is 8.75. The van der Waals surface area contributed by atoms with E-state index in [-0.39, 0.29) is 17.9 Å². The Hall–Kier alpha value is -2.62. The van der Waals surface area contributed by atoms with E-state index in [1.54, 1.807) is 6.92 Å². The summed E-state index contributed by atoms with van der Waals surface area (Å²) >= 11 is 0. The first-order valence-electron chi connectivity index (χ1n) is 15.4. The Morgan fingerprint density at radius 1 is 1.02 bits per heavy atom. The second kappa shape index (κ2) is 10.3. The number of fused-ring (bicyclic) bond motifs is 1. The molecule has 9 heteroatoms. The maximum absolute atomic E-state index is 13.7. The number of piperazine rings is 1. The molecule has 8 rings (SSSR count). The van der Waals surface area contributed by atoms with Crippen LogP contribution in [0.15, 0.2) is 23.0 Å². The van der Waals surface area contributed by atoms with Gasteiger partial charge in [0.1, 0.15) is 11.9 Å². The molecule has 2 saturated heterocycles. The van der Waals surface area contributed by atoms with Crippen molar-refractivity contribution >= 4 is 22.7 Å². The monoisotopic (exact) mass is 546 g/mol. The lowest BCUT2D eigenvalue weighted by Gasteiger charge is -2.36. The second-order valence-electron chi connectivity index (χ2n) is 13.2. The van der Waals surface area contributed by atoms with Crippen molar-refractivity contribution in [3.8, 4) is 0 Å². The SMILES string of the molecule is Cc1nc2cccc(CN3CCN(CCCNC45CC6CC(CC4C6)C5)CC3)c2c(=O)n1C1CCC(=O)NC1=O. The van der Waals surface area contributed by atoms with E-state index in [2.05, 4.69) is 20.4 Å². The predicted octanol–water partition coefficient (Wildman–Crippen LogP) is 2.36. The van der Waals surface area contributed by atoms with E-state index in [9.17, 15) is 14.4 Å². The van der Waals surface area contributed by atoms with Crippen LogP contribution in [0.5, 0.6) is 0 Å². The number of aromatic nitrogens is 2. The number of benzene rings is 1. The van der Waals surface area contributed by atoms with Crippen LogP contribution in [0.3, 0.4) is 0 Å². The summed E-state index contributed by atoms with van der Waals surface area (Å²) in [6, 6.07) is 5.14. The highest BCUT2D eigenvalue weighted by Gasteiger charge is 2.57. The number of hydrogen-bond donors (Lipinski definition) is 2. The molecule has 2 aliphatic heterocycles. The highest BCUT2D eigenvalue weighted by atomic mass is 16.2. The van der Waals surface area contributed by atoms with Gasteiger partial charge in [0, 0.05) is 44.7 Å². The van der Waals surface area contributed by atoms with E-state index in [1.165, 1.54) is 43.1 Å². The Morgan fingerprint density at radius 3 is 2.52 bits per heavy atom. The average molecular weight is 547 g/mol. The maximum atomic E-state index is 13.7. The van der Waals surface area contributed by atoms with Gasteiger partial charge < -0.3 is 10.2 Å². The van der Waals surface area contributed by atoms with Crippen LogP contribution >= 0.6 is 0 Å². The van der Waals surface area contributed by atoms with Crippen molar-refractivity contribution in [3.05, 3.63) is 39.9 Å². The van der Waals surface area contributed by atoms with Gasteiger partial charge in [-0.3, -0.25) is 29.2 Å². The van der Waals surface area contributed by atoms with Crippen LogP contribution in [0.1, 0.15) is 68.8 Å². The smallest absolute Gasteiger partial charge is 0.262 e. The number of amides is 2. The molecule has 0 spiro atoms. The van der Waals surface area contributed by atoms with Gasteiger partial charge in [0.15, 0.2) is 0 Å². The number of rotatable bonds is 8. The molecule has 1 aromatic heterocycles. The van der Waals surface area contributed by atoms with Gasteiger partial charge in [0.25, 0.3) is 5.56 Å². The molecule has 2 amide bonds. The molecule has 3 atom stereocenters. The van der Waals surface area contributed by atoms with Gasteiger partial charge in [-0.25, -0.2) is 4.98 Å². The van der Waals surface area contributed by atoms with E-state index in [0.29, 0.717) is 35.2 Å². The summed E-state index contributed by atoms with van der Waals surface area (Å²) in [5, 5.41) is 7.00. The summed E-state index contributed by atoms with van der Waals surface area (Å²) in [4.78, 5) is 47.7. The fraction of sp³-hybridized carbons (Fsp3) is 0.677. The highest BCUT2D eigenvalue weighted by Crippen LogP contribution is 2.60. The molecule has 0 radical (unpaired) electrons. The number of nitrogens with zero attached hydrogens (tertiary/aromatic N) is 4. The zero-order valence-corrected chi connectivity index (χ0v) is 23.7. The minimum absolute atomic E-state index is 0.192. The summed E-state index contributed by atoms with van der Waals surface area (Å²) in [5.74, 6) is 2.74. The number of hydrogen-bond acceptors (Lipinski definition) is 7. The third kappa shape index (κ3) is 4.69. The van der Waals surface area contributed by atoms with Gasteiger partial charge in [-0.15, -0.1) is 0 Å². The zero-order chi connectivity index (χ0) is 27.4. The first-order valence-corrected chi connectivity index (χ1v) is 15.4. The quantitative estimate of drug-likeness (QED) is 0.387. The number of carbonyl (C=O) groups is 2. The van der Waals surface area contributed by atoms with Crippen LogP contribution in [0.25, 0.3) is 10.9 Å². The van der Waals surface area contributed by atoms with Crippen LogP contribution < -0.4 is 16.2 Å². The van der Waals surface area contributed by atoms with Gasteiger partial charge in [-0.1, -0.05) is 12.1 Å². The van der Waals surface area contributed by atoms with E-state index < -0.39 is 11.9 Å². The van der Waals surface area contributed by atoms with Crippen LogP contribution in [-0.2, 0) is 16.1 Å². The zero-order valence-electron chi connectivity index (χ0n) is 23.7. The van der Waals surface area contributed by atoms with Crippen molar-refractivity contribution in [1.82, 2.24) is 30.0 Å². The summed E-state index contributed by atoms with van der Waals surface area (Å²) in [6.07, 6.45) is 9.05. The number of carbonyl (C=O) groups excluding carboxylic acids is 2. The number of nitrogens with one attached hydrogen (secondary N) is 2. The fourth-order valence-electron chi connectivity index (χ4n) is 8.99. The molecule has 40 heavy (non-hydrogen) atoms. The average Bonchev–Trinajstić information content (AvgIpc) is 3.31. The minimum Gasteiger partial charge on any atom is -0.311 e. The Balaban J connectivity index is 0.961. The minimum atomic E-state index is -0.702. The van der Waals surface area contributed by atoms with E-state index in [4.69, 9.17) is 4.98 Å². The van der Waals surface area contributed by atoms with Crippen LogP contribution in [-0.4, -0.2) is 76.0 Å². The molecule has 6 aliphatic rings. The van der Waals surface area contributed by atoms with E-state index in [1.807, 2.05) is 18.2 Å². The lowest BCUT2D eigenvalue weighted by Crippen LogP contribution is -2.49. The maximum Gasteiger partial charge on any atom is 0.262 e. The lowest BCUT2D eigenvalue weighted by atomic mass is 9.80. The molecule has 4 saturated carbocycles. The third-order valence-corrected chi connectivity index (χ3v) is 10.7. The molecule has 1 aromatic carbocycles. The van der Waals surface area contributed by atoms with Gasteiger partial charge in [-0.2, -0.15) is 0 Å². The molecule has 6 fully saturated rings. The molecular formula is C31H42N6O3. The van der Waals surface area contributed by atoms with Crippen molar-refractivity contribution in [1.29, 1.82) is 0 Å². The Labute approximate surface area is 235 Å². The largest absolute Gasteiger partial charge is 0.311 e. The molecule has 4 bridgehead atoms. The van der Waals surface area contributed by atoms with Crippen molar-refractivity contribution in [2.75, 3.05) is 39.3 Å². The van der Waals surface area contributed by atoms with Gasteiger partial charge >= 0.3 is 0 Å². The van der Waals surface area contributed by atoms with Crippen molar-refractivity contribution < 1.29 is 9.59 Å². The topological polar surface area (TPSA) is 99.6 Å². The van der Waals surface area contributed by atoms with E-state index in [0.717, 1.165) is 62.6 Å². The standard InChI is InChI=1S/C31H42N6O3/c1-20-33-25-5-2-4-23(28(25)30(40)37(20)26-6-7-27(38)34-29(26)39)19-36-12-10-35(11-13-36)9-3-8-32-31-17-21-14-22(18-31)16-24(31)15-21/h2,4-5,21-22,24,26,32H,3,6-19H2,1H3,(H,34,38,39). The molecule has 4 aliphatic carbocycles. The summed E-state index contributed by atoms with van der Waals surface area (Å²) in [5.41, 5.74) is 1.91. The molecule has 2 aromatic rings. The van der Waals surface area contributed by atoms with E-state index >= 15 is 0 Å². The fourth-order valence-corrected chi connectivity index (χ4v) is 8.99. The van der Waals surface area contributed by atoms with Gasteiger partial charge in [0.05, 0.1) is 10.9 Å². The third-order valence-electron chi connectivity index (χ3n) is 10.7. The number of piperidine rings is 1. The summed E-state index contributed by atoms with van der Waals surface area (Å²) in [7, 11) is 0. The number of aryl methyl sites for hydroxylation is 1. The van der Waals surface area contributed by atoms with Gasteiger partial charge in [-0.05, 0) is 94.3 Å². The van der Waals surface area contributed by atoms with Crippen LogP contribution in [0, 0.1) is 24.7 Å². The lowest BCUT2D eigenvalue weighted by molar-refractivity contribution is -0.135. The van der Waals surface area contributed by atoms with Crippen molar-refractivity contribution in [3.63, 3.8) is 0 Å². The molecule has 9 nitrogen and oxygen atoms in total. The Morgan fingerprint density at radius 2 is 1.77 bits per heavy atom. The first kappa shape index (κ1) is 26.3. The summed E-state index contributed by atoms with van der Waals surface area (Å²) < 4.78 is 1.49. The predicted molar refractivity (Wildman–Crippen MR) is 153 cm³/mol. The molecule has 3 unspecified atom stereocenters. The number of imide groups is 1. The molecular weight excluding hydrogens is 504 g/mol. The van der Waals surface area contributed by atoms with Crippen LogP contribution in [0.4, 0.5) is 0 Å². The Bertz CT molecular complexity index is 1370. The highest BCUT2D eigenvalue weighted by molar-refractivity contribution is 5.99. The normalized spacial score (nSPS) is 32.3. The second-order valence-corrected chi connectivity index (χ2v) is 13.2. The molecule has 2 N–H and O–H groups in total. The molecule has 214 valence electrons. The first-order chi connectivity index (χ1) is 19.4. The van der Waals surface area contributed by atoms with Crippen molar-refractivity contribution in [2.45, 2.75) is 76.4 Å². The molecule has 3 heterocycles. The Kier molecular flexibility index (Phi) is 6.79. The van der Waals surface area contributed by atoms with Gasteiger partial charge in [0.2, 0.25) is 11.8 Å². The van der Waals surface area contributed by atoms with Crippen molar-refractivity contribution in [2.24, 2.45) is 17.8 Å². The van der Waals surface area contributed by atoms with Crippen LogP contribution in [0.2, 0.25) is 0 Å².